The lowest BCUT2D eigenvalue weighted by Crippen LogP contribution is -2.47. The molecule has 1 aliphatic heterocycles. The first-order valence-corrected chi connectivity index (χ1v) is 9.82. The van der Waals surface area contributed by atoms with Gasteiger partial charge in [-0.2, -0.15) is 0 Å². The summed E-state index contributed by atoms with van der Waals surface area (Å²) in [7, 11) is 8.59. The number of fused-ring (bicyclic) bond motifs is 3. The van der Waals surface area contributed by atoms with Crippen LogP contribution in [0.25, 0.3) is 21.5 Å². The van der Waals surface area contributed by atoms with Gasteiger partial charge in [0.2, 0.25) is 0 Å². The van der Waals surface area contributed by atoms with Crippen molar-refractivity contribution in [3.8, 4) is 0 Å². The van der Waals surface area contributed by atoms with Gasteiger partial charge in [0, 0.05) is 0 Å². The smallest absolute Gasteiger partial charge is 0.399 e. The van der Waals surface area contributed by atoms with E-state index in [-0.39, 0.29) is 18.3 Å². The summed E-state index contributed by atoms with van der Waals surface area (Å²) in [5, 5.41) is 5.23. The quantitative estimate of drug-likeness (QED) is 0.352. The van der Waals surface area contributed by atoms with E-state index in [1.807, 2.05) is 0 Å². The normalized spacial score (nSPS) is 18.4. The predicted molar refractivity (Wildman–Crippen MR) is 130 cm³/mol. The Bertz CT molecular complexity index is 1080. The van der Waals surface area contributed by atoms with Gasteiger partial charge in [-0.15, -0.1) is 10.9 Å². The van der Waals surface area contributed by atoms with E-state index in [9.17, 15) is 0 Å². The van der Waals surface area contributed by atoms with Crippen LogP contribution in [0.1, 0.15) is 27.7 Å². The molecule has 0 bridgehead atoms. The van der Waals surface area contributed by atoms with Crippen LogP contribution >= 0.6 is 0 Å². The molecule has 0 aromatic heterocycles. The number of rotatable bonds is 1. The maximum absolute atomic E-state index is 6.29. The van der Waals surface area contributed by atoms with Crippen molar-refractivity contribution in [3.63, 3.8) is 0 Å². The van der Waals surface area contributed by atoms with Gasteiger partial charge in [0.05, 0.1) is 11.2 Å². The second kappa shape index (κ2) is 5.96. The van der Waals surface area contributed by atoms with Crippen LogP contribution in [0.5, 0.6) is 0 Å². The maximum Gasteiger partial charge on any atom is 0.494 e. The van der Waals surface area contributed by atoms with E-state index in [2.05, 4.69) is 89.4 Å². The van der Waals surface area contributed by atoms with Crippen molar-refractivity contribution < 1.29 is 9.31 Å². The molecule has 27 heavy (non-hydrogen) atoms. The standard InChI is InChI=1S/C20H25B5O2/c1-19(2)20(3,4)27-25(26-19)11-7-5-10-6-8-12-14(13(10)9-11)16(22)18(24)17(23)15(12)21/h5-9H,21-24H2,1-4H3. The maximum atomic E-state index is 6.29. The topological polar surface area (TPSA) is 18.5 Å². The molecule has 132 valence electrons. The molecule has 0 saturated carbocycles. The summed E-state index contributed by atoms with van der Waals surface area (Å²) >= 11 is 0. The fraction of sp³-hybridized carbons (Fsp3) is 0.300. The summed E-state index contributed by atoms with van der Waals surface area (Å²) in [6.07, 6.45) is 0. The lowest BCUT2D eigenvalue weighted by Gasteiger charge is -2.32. The summed E-state index contributed by atoms with van der Waals surface area (Å²) in [4.78, 5) is 0. The molecule has 2 nitrogen and oxygen atoms in total. The van der Waals surface area contributed by atoms with Crippen molar-refractivity contribution in [2.45, 2.75) is 38.9 Å². The Kier molecular flexibility index (Phi) is 4.14. The summed E-state index contributed by atoms with van der Waals surface area (Å²) in [6, 6.07) is 11.1. The largest absolute Gasteiger partial charge is 0.494 e. The van der Waals surface area contributed by atoms with Crippen molar-refractivity contribution in [2.24, 2.45) is 0 Å². The number of hydrogen-bond acceptors (Lipinski definition) is 2. The van der Waals surface area contributed by atoms with Crippen LogP contribution in [-0.4, -0.2) is 49.7 Å². The summed E-state index contributed by atoms with van der Waals surface area (Å²) < 4.78 is 12.6. The lowest BCUT2D eigenvalue weighted by atomic mass is 9.64. The molecule has 3 aromatic carbocycles. The molecule has 1 heterocycles. The average molecular weight is 351 g/mol. The van der Waals surface area contributed by atoms with Gasteiger partial charge in [-0.05, 0) is 54.7 Å². The number of hydrogen-bond donors (Lipinski definition) is 0. The second-order valence-electron chi connectivity index (χ2n) is 9.06. The molecule has 0 radical (unpaired) electrons. The second-order valence-corrected chi connectivity index (χ2v) is 9.06. The SMILES string of the molecule is Bc1c(B)c(B)c2c(ccc3ccc(B4OC(C)(C)C(C)(C)O4)cc32)c1B. The summed E-state index contributed by atoms with van der Waals surface area (Å²) in [5.74, 6) is 0. The van der Waals surface area contributed by atoms with Crippen molar-refractivity contribution >= 4 is 87.4 Å². The molecular weight excluding hydrogens is 326 g/mol. The van der Waals surface area contributed by atoms with Gasteiger partial charge in [0.15, 0.2) is 0 Å². The first kappa shape index (κ1) is 18.8. The Hall–Kier alpha value is -1.58. The van der Waals surface area contributed by atoms with E-state index in [0.29, 0.717) is 0 Å². The number of benzene rings is 3. The molecule has 7 heteroatoms. The van der Waals surface area contributed by atoms with E-state index in [1.165, 1.54) is 43.4 Å². The molecular formula is C20H25B5O2. The third-order valence-electron chi connectivity index (χ3n) is 7.04. The van der Waals surface area contributed by atoms with Crippen LogP contribution in [0.4, 0.5) is 0 Å². The zero-order chi connectivity index (χ0) is 19.7. The highest BCUT2D eigenvalue weighted by Crippen LogP contribution is 2.36. The van der Waals surface area contributed by atoms with Gasteiger partial charge in [-0.25, -0.2) is 0 Å². The minimum atomic E-state index is -0.331. The molecule has 1 fully saturated rings. The first-order chi connectivity index (χ1) is 12.5. The van der Waals surface area contributed by atoms with Crippen LogP contribution < -0.4 is 27.3 Å². The molecule has 0 spiro atoms. The van der Waals surface area contributed by atoms with Crippen molar-refractivity contribution in [1.29, 1.82) is 0 Å². The van der Waals surface area contributed by atoms with Crippen molar-refractivity contribution in [1.82, 2.24) is 0 Å². The van der Waals surface area contributed by atoms with Gasteiger partial charge >= 0.3 is 7.12 Å². The van der Waals surface area contributed by atoms with Crippen LogP contribution in [0, 0.1) is 0 Å². The Balaban J connectivity index is 1.96. The Labute approximate surface area is 166 Å². The zero-order valence-corrected chi connectivity index (χ0v) is 17.8. The van der Waals surface area contributed by atoms with E-state index < -0.39 is 0 Å². The van der Waals surface area contributed by atoms with Gasteiger partial charge in [0.1, 0.15) is 31.4 Å². The highest BCUT2D eigenvalue weighted by Gasteiger charge is 2.51. The molecule has 4 rings (SSSR count). The van der Waals surface area contributed by atoms with Crippen molar-refractivity contribution in [2.75, 3.05) is 0 Å². The monoisotopic (exact) mass is 352 g/mol. The van der Waals surface area contributed by atoms with E-state index in [4.69, 9.17) is 9.31 Å². The summed E-state index contributed by atoms with van der Waals surface area (Å²) in [5.41, 5.74) is 5.94. The summed E-state index contributed by atoms with van der Waals surface area (Å²) in [6.45, 7) is 8.40. The molecule has 0 unspecified atom stereocenters. The third kappa shape index (κ3) is 2.70. The van der Waals surface area contributed by atoms with Crippen LogP contribution in [0.3, 0.4) is 0 Å². The van der Waals surface area contributed by atoms with Gasteiger partial charge in [0.25, 0.3) is 0 Å². The fourth-order valence-corrected chi connectivity index (χ4v) is 4.13. The van der Waals surface area contributed by atoms with E-state index in [1.54, 1.807) is 0 Å². The minimum Gasteiger partial charge on any atom is -0.399 e. The molecule has 0 aliphatic carbocycles. The van der Waals surface area contributed by atoms with Gasteiger partial charge < -0.3 is 9.31 Å². The first-order valence-electron chi connectivity index (χ1n) is 9.82. The molecule has 0 N–H and O–H groups in total. The Morgan fingerprint density at radius 3 is 1.89 bits per heavy atom. The molecule has 0 atom stereocenters. The molecule has 1 aliphatic rings. The highest BCUT2D eigenvalue weighted by atomic mass is 16.7. The molecule has 0 amide bonds. The fourth-order valence-electron chi connectivity index (χ4n) is 4.13. The van der Waals surface area contributed by atoms with Crippen LogP contribution in [0.2, 0.25) is 0 Å². The molecule has 3 aromatic rings. The lowest BCUT2D eigenvalue weighted by molar-refractivity contribution is 0.00578. The van der Waals surface area contributed by atoms with Crippen LogP contribution in [-0.2, 0) is 9.31 Å². The third-order valence-corrected chi connectivity index (χ3v) is 7.04. The van der Waals surface area contributed by atoms with Crippen LogP contribution in [0.15, 0.2) is 30.3 Å². The van der Waals surface area contributed by atoms with Crippen molar-refractivity contribution in [3.05, 3.63) is 30.3 Å². The van der Waals surface area contributed by atoms with E-state index in [0.717, 1.165) is 5.46 Å². The van der Waals surface area contributed by atoms with Gasteiger partial charge in [-0.1, -0.05) is 41.3 Å². The van der Waals surface area contributed by atoms with Gasteiger partial charge in [-0.3, -0.25) is 0 Å². The Morgan fingerprint density at radius 1 is 0.704 bits per heavy atom. The van der Waals surface area contributed by atoms with E-state index >= 15 is 0 Å². The predicted octanol–water partition coefficient (Wildman–Crippen LogP) is -2.67. The Morgan fingerprint density at radius 2 is 1.26 bits per heavy atom. The minimum absolute atomic E-state index is 0.328. The zero-order valence-electron chi connectivity index (χ0n) is 17.8. The average Bonchev–Trinajstić information content (AvgIpc) is 2.84. The highest BCUT2D eigenvalue weighted by molar-refractivity contribution is 6.67. The molecule has 1 saturated heterocycles.